The summed E-state index contributed by atoms with van der Waals surface area (Å²) in [5.74, 6) is 1.03. The van der Waals surface area contributed by atoms with Crippen molar-refractivity contribution in [2.75, 3.05) is 9.80 Å². The molecule has 3 heterocycles. The first kappa shape index (κ1) is 45.8. The highest BCUT2D eigenvalue weighted by atomic mass is 16.3. The topological polar surface area (TPSA) is 45.9 Å². The van der Waals surface area contributed by atoms with E-state index in [1.165, 1.54) is 84.4 Å². The number of furan rings is 3. The average molecular weight is 1020 g/mol. The van der Waals surface area contributed by atoms with Crippen molar-refractivity contribution in [3.8, 4) is 22.3 Å². The van der Waals surface area contributed by atoms with Gasteiger partial charge in [-0.25, -0.2) is 0 Å². The van der Waals surface area contributed by atoms with Crippen molar-refractivity contribution in [1.82, 2.24) is 0 Å². The molecule has 2 aliphatic rings. The molecule has 2 saturated carbocycles. The van der Waals surface area contributed by atoms with E-state index in [-0.39, 0.29) is 0 Å². The van der Waals surface area contributed by atoms with Crippen LogP contribution in [0.1, 0.15) is 74.3 Å². The second-order valence-corrected chi connectivity index (χ2v) is 22.0. The predicted octanol–water partition coefficient (Wildman–Crippen LogP) is 22.1. The number of hydrogen-bond acceptors (Lipinski definition) is 5. The van der Waals surface area contributed by atoms with Crippen molar-refractivity contribution in [2.45, 2.75) is 63.2 Å². The van der Waals surface area contributed by atoms with E-state index >= 15 is 0 Å². The second kappa shape index (κ2) is 18.7. The molecule has 0 amide bonds. The maximum atomic E-state index is 7.26. The maximum absolute atomic E-state index is 7.26. The van der Waals surface area contributed by atoms with Crippen molar-refractivity contribution in [2.24, 2.45) is 0 Å². The van der Waals surface area contributed by atoms with Crippen molar-refractivity contribution < 1.29 is 13.3 Å². The van der Waals surface area contributed by atoms with Gasteiger partial charge in [-0.1, -0.05) is 196 Å². The molecule has 3 aromatic heterocycles. The lowest BCUT2D eigenvalue weighted by molar-refractivity contribution is 0.643. The molecule has 0 atom stereocenters. The first-order valence-electron chi connectivity index (χ1n) is 28.4. The van der Waals surface area contributed by atoms with Crippen LogP contribution >= 0.6 is 0 Å². The van der Waals surface area contributed by atoms with E-state index < -0.39 is 0 Å². The van der Waals surface area contributed by atoms with Gasteiger partial charge in [0.1, 0.15) is 22.3 Å². The number of fused-ring (bicyclic) bond motifs is 11. The van der Waals surface area contributed by atoms with E-state index in [2.05, 4.69) is 240 Å². The number of benzene rings is 11. The molecule has 16 rings (SSSR count). The lowest BCUT2D eigenvalue weighted by Crippen LogP contribution is -2.11. The zero-order valence-electron chi connectivity index (χ0n) is 43.9. The van der Waals surface area contributed by atoms with E-state index in [9.17, 15) is 0 Å². The minimum absolute atomic E-state index is 0.509. The molecule has 0 radical (unpaired) electrons. The number of para-hydroxylation sites is 4. The fourth-order valence-electron chi connectivity index (χ4n) is 13.8. The Hall–Kier alpha value is -9.32. The number of rotatable bonds is 10. The minimum atomic E-state index is 0.509. The Bertz CT molecular complexity index is 4610. The van der Waals surface area contributed by atoms with Crippen molar-refractivity contribution in [3.05, 3.63) is 242 Å². The van der Waals surface area contributed by atoms with E-state index in [0.29, 0.717) is 11.8 Å². The van der Waals surface area contributed by atoms with Gasteiger partial charge in [0.2, 0.25) is 0 Å². The Morgan fingerprint density at radius 3 is 1.25 bits per heavy atom. The highest BCUT2D eigenvalue weighted by Gasteiger charge is 2.29. The van der Waals surface area contributed by atoms with Gasteiger partial charge in [-0.05, 0) is 125 Å². The smallest absolute Gasteiger partial charge is 0.159 e. The van der Waals surface area contributed by atoms with Gasteiger partial charge in [0.15, 0.2) is 11.2 Å². The maximum Gasteiger partial charge on any atom is 0.159 e. The third-order valence-corrected chi connectivity index (χ3v) is 17.5. The molecule has 0 spiro atoms. The van der Waals surface area contributed by atoms with Crippen LogP contribution < -0.4 is 9.80 Å². The van der Waals surface area contributed by atoms with Crippen LogP contribution in [0.15, 0.2) is 244 Å². The molecule has 5 nitrogen and oxygen atoms in total. The van der Waals surface area contributed by atoms with E-state index in [4.69, 9.17) is 13.3 Å². The van der Waals surface area contributed by atoms with Crippen LogP contribution in [0.4, 0.5) is 34.1 Å². The van der Waals surface area contributed by atoms with Crippen LogP contribution in [0.5, 0.6) is 0 Å². The standard InChI is InChI=1S/C74H56N2O3/c1-3-17-47(18-4-1)49-35-39-53(40-36-49)75(65-33-15-31-62-60-29-13-27-56(51-21-7-8-22-51)71(60)78-73(62)65)55-43-44-64-68(45-55)77-69-46-67(58-25-11-12-26-59(58)70(64)69)76(54-41-37-50(38-42-54)48-19-5-2-6-20-48)66-34-16-32-63-61-30-14-28-57(52-23-9-10-24-52)72(61)79-74(63)66/h1-6,11-20,25-46,51-52H,7-10,21-24H2. The summed E-state index contributed by atoms with van der Waals surface area (Å²) in [6.07, 6.45) is 9.87. The molecule has 11 aromatic carbocycles. The Morgan fingerprint density at radius 1 is 0.278 bits per heavy atom. The third kappa shape index (κ3) is 7.58. The Morgan fingerprint density at radius 2 is 0.709 bits per heavy atom. The normalized spacial score (nSPS) is 14.3. The van der Waals surface area contributed by atoms with Crippen molar-refractivity contribution in [3.63, 3.8) is 0 Å². The van der Waals surface area contributed by atoms with Gasteiger partial charge in [-0.15, -0.1) is 0 Å². The highest BCUT2D eigenvalue weighted by molar-refractivity contribution is 6.24. The summed E-state index contributed by atoms with van der Waals surface area (Å²) in [5.41, 5.74) is 18.7. The van der Waals surface area contributed by atoms with Crippen molar-refractivity contribution >= 4 is 111 Å². The molecule has 0 saturated heterocycles. The molecular weight excluding hydrogens is 965 g/mol. The molecule has 0 N–H and O–H groups in total. The highest BCUT2D eigenvalue weighted by Crippen LogP contribution is 2.51. The zero-order valence-corrected chi connectivity index (χ0v) is 43.9. The van der Waals surface area contributed by atoms with Gasteiger partial charge in [-0.3, -0.25) is 0 Å². The van der Waals surface area contributed by atoms with Gasteiger partial charge in [-0.2, -0.15) is 0 Å². The molecule has 0 bridgehead atoms. The monoisotopic (exact) mass is 1020 g/mol. The van der Waals surface area contributed by atoms with Gasteiger partial charge in [0, 0.05) is 61.2 Å². The summed E-state index contributed by atoms with van der Waals surface area (Å²) in [7, 11) is 0. The fraction of sp³-hybridized carbons (Fsp3) is 0.135. The van der Waals surface area contributed by atoms with Gasteiger partial charge in [0.25, 0.3) is 0 Å². The molecule has 2 aliphatic carbocycles. The Balaban J connectivity index is 0.891. The van der Waals surface area contributed by atoms with E-state index in [0.717, 1.165) is 111 Å². The number of anilines is 6. The second-order valence-electron chi connectivity index (χ2n) is 22.0. The number of hydrogen-bond donors (Lipinski definition) is 0. The summed E-state index contributed by atoms with van der Waals surface area (Å²) >= 11 is 0. The van der Waals surface area contributed by atoms with Gasteiger partial charge < -0.3 is 23.1 Å². The summed E-state index contributed by atoms with van der Waals surface area (Å²) in [4.78, 5) is 4.74. The molecule has 0 unspecified atom stereocenters. The minimum Gasteiger partial charge on any atom is -0.456 e. The van der Waals surface area contributed by atoms with Crippen LogP contribution in [0.2, 0.25) is 0 Å². The largest absolute Gasteiger partial charge is 0.456 e. The molecule has 0 aliphatic heterocycles. The van der Waals surface area contributed by atoms with Crippen molar-refractivity contribution in [1.29, 1.82) is 0 Å². The quantitative estimate of drug-likeness (QED) is 0.137. The fourth-order valence-corrected chi connectivity index (χ4v) is 13.8. The van der Waals surface area contributed by atoms with E-state index in [1.807, 2.05) is 0 Å². The Kier molecular flexibility index (Phi) is 10.9. The lowest BCUT2D eigenvalue weighted by Gasteiger charge is -2.27. The first-order valence-corrected chi connectivity index (χ1v) is 28.4. The third-order valence-electron chi connectivity index (χ3n) is 17.5. The molecular formula is C74H56N2O3. The number of nitrogens with zero attached hydrogens (tertiary/aromatic N) is 2. The Labute approximate surface area is 458 Å². The summed E-state index contributed by atoms with van der Waals surface area (Å²) in [6, 6.07) is 83.6. The molecule has 14 aromatic rings. The van der Waals surface area contributed by atoms with Crippen LogP contribution in [0.25, 0.3) is 98.8 Å². The lowest BCUT2D eigenvalue weighted by atomic mass is 9.95. The molecule has 5 heteroatoms. The van der Waals surface area contributed by atoms with Gasteiger partial charge >= 0.3 is 0 Å². The van der Waals surface area contributed by atoms with Crippen LogP contribution in [0, 0.1) is 0 Å². The molecule has 2 fully saturated rings. The van der Waals surface area contributed by atoms with Gasteiger partial charge in [0.05, 0.1) is 22.7 Å². The molecule has 79 heavy (non-hydrogen) atoms. The average Bonchev–Trinajstić information content (AvgIpc) is 4.54. The van der Waals surface area contributed by atoms with Crippen LogP contribution in [0.3, 0.4) is 0 Å². The van der Waals surface area contributed by atoms with Crippen LogP contribution in [-0.4, -0.2) is 0 Å². The first-order chi connectivity index (χ1) is 39.2. The zero-order chi connectivity index (χ0) is 52.0. The van der Waals surface area contributed by atoms with Crippen LogP contribution in [-0.2, 0) is 0 Å². The molecule has 380 valence electrons. The summed E-state index contributed by atoms with van der Waals surface area (Å²) < 4.78 is 21.6. The predicted molar refractivity (Wildman–Crippen MR) is 328 cm³/mol. The summed E-state index contributed by atoms with van der Waals surface area (Å²) in [6.45, 7) is 0. The SMILES string of the molecule is c1ccc(-c2ccc(N(c3ccc4c(c3)oc3cc(N(c5ccc(-c6ccccc6)cc5)c5cccc6c5oc5c(C7CCCC7)cccc56)c5ccccc5c34)c3cccc4c3oc3c(C5CCCC5)cccc34)cc2)cc1. The summed E-state index contributed by atoms with van der Waals surface area (Å²) in [5, 5.41) is 8.94. The van der Waals surface area contributed by atoms with E-state index in [1.54, 1.807) is 0 Å².